The number of H-pyrrole nitrogens is 1. The number of carbonyl (C=O) groups is 2. The molecule has 1 aromatic heterocycles. The number of fused-ring (bicyclic) bond motifs is 1. The van der Waals surface area contributed by atoms with Gasteiger partial charge in [0.1, 0.15) is 0 Å². The van der Waals surface area contributed by atoms with E-state index in [4.69, 9.17) is 17.3 Å². The summed E-state index contributed by atoms with van der Waals surface area (Å²) in [6, 6.07) is 0. The van der Waals surface area contributed by atoms with Crippen LogP contribution in [0.3, 0.4) is 0 Å². The second-order valence-electron chi connectivity index (χ2n) is 6.52. The lowest BCUT2D eigenvalue weighted by Crippen LogP contribution is -2.30. The standard InChI is InChI=1S/C9H8ClN3O.C9H17NO/c10-5-2-1-3-6-7(4-5)13-9(12-6)8(11)14;1-10(2)9(11)8-6-4-3-5-7-8/h1-2,4H,3H2,(H2,11,14)(H,12,13);8H,3-7H2,1-2H3. The number of nitrogens with two attached hydrogens (primary N) is 1. The molecule has 1 saturated carbocycles. The normalized spacial score (nSPS) is 16.8. The molecule has 2 aliphatic rings. The van der Waals surface area contributed by atoms with Gasteiger partial charge >= 0.3 is 0 Å². The monoisotopic (exact) mass is 364 g/mol. The Labute approximate surface area is 153 Å². The van der Waals surface area contributed by atoms with Crippen LogP contribution in [0.4, 0.5) is 0 Å². The molecule has 0 atom stereocenters. The molecule has 2 aliphatic carbocycles. The molecule has 25 heavy (non-hydrogen) atoms. The van der Waals surface area contributed by atoms with Crippen molar-refractivity contribution in [3.63, 3.8) is 0 Å². The lowest BCUT2D eigenvalue weighted by molar-refractivity contribution is -0.133. The van der Waals surface area contributed by atoms with E-state index < -0.39 is 5.91 Å². The highest BCUT2D eigenvalue weighted by atomic mass is 35.5. The van der Waals surface area contributed by atoms with Crippen molar-refractivity contribution in [2.75, 3.05) is 14.1 Å². The third-order valence-electron chi connectivity index (χ3n) is 4.31. The average Bonchev–Trinajstić information content (AvgIpc) is 2.90. The van der Waals surface area contributed by atoms with Crippen LogP contribution < -0.4 is 5.73 Å². The SMILES string of the molecule is CN(C)C(=O)C1CCCCC1.NC(=O)c1nc2c([nH]1)CC=CC(Cl)=C2. The van der Waals surface area contributed by atoms with Crippen LogP contribution in [0.5, 0.6) is 0 Å². The molecule has 6 nitrogen and oxygen atoms in total. The molecule has 1 aromatic rings. The van der Waals surface area contributed by atoms with Gasteiger partial charge in [0.15, 0.2) is 5.82 Å². The Hall–Kier alpha value is -2.08. The molecular formula is C18H25ClN4O2. The topological polar surface area (TPSA) is 92.1 Å². The minimum atomic E-state index is -0.563. The van der Waals surface area contributed by atoms with Gasteiger partial charge in [-0.1, -0.05) is 36.9 Å². The molecule has 2 amide bonds. The molecular weight excluding hydrogens is 340 g/mol. The van der Waals surface area contributed by atoms with E-state index in [-0.39, 0.29) is 5.82 Å². The predicted octanol–water partition coefficient (Wildman–Crippen LogP) is 2.86. The number of nitrogens with zero attached hydrogens (tertiary/aromatic N) is 2. The van der Waals surface area contributed by atoms with Gasteiger partial charge in [-0.2, -0.15) is 0 Å². The first-order valence-electron chi connectivity index (χ1n) is 8.52. The Kier molecular flexibility index (Phi) is 6.82. The summed E-state index contributed by atoms with van der Waals surface area (Å²) < 4.78 is 0. The highest BCUT2D eigenvalue weighted by molar-refractivity contribution is 6.33. The first-order valence-corrected chi connectivity index (χ1v) is 8.90. The Bertz CT molecular complexity index is 685. The smallest absolute Gasteiger partial charge is 0.284 e. The number of hydrogen-bond donors (Lipinski definition) is 2. The molecule has 7 heteroatoms. The van der Waals surface area contributed by atoms with Gasteiger partial charge in [-0.3, -0.25) is 9.59 Å². The van der Waals surface area contributed by atoms with Gasteiger partial charge in [-0.15, -0.1) is 0 Å². The van der Waals surface area contributed by atoms with Crippen molar-refractivity contribution in [1.82, 2.24) is 14.9 Å². The third-order valence-corrected chi connectivity index (χ3v) is 4.55. The number of aromatic amines is 1. The summed E-state index contributed by atoms with van der Waals surface area (Å²) in [5.74, 6) is 0.265. The van der Waals surface area contributed by atoms with Crippen LogP contribution in [-0.2, 0) is 11.2 Å². The first kappa shape index (κ1) is 19.2. The fraction of sp³-hybridized carbons (Fsp3) is 0.500. The molecule has 0 unspecified atom stereocenters. The number of halogens is 1. The van der Waals surface area contributed by atoms with E-state index >= 15 is 0 Å². The number of allylic oxidation sites excluding steroid dienone is 3. The zero-order valence-electron chi connectivity index (χ0n) is 14.7. The summed E-state index contributed by atoms with van der Waals surface area (Å²) in [4.78, 5) is 30.9. The van der Waals surface area contributed by atoms with Crippen LogP contribution in [0.2, 0.25) is 0 Å². The number of rotatable bonds is 2. The molecule has 0 bridgehead atoms. The predicted molar refractivity (Wildman–Crippen MR) is 99.0 cm³/mol. The van der Waals surface area contributed by atoms with Crippen molar-refractivity contribution < 1.29 is 9.59 Å². The van der Waals surface area contributed by atoms with Crippen LogP contribution in [0.15, 0.2) is 17.2 Å². The maximum absolute atomic E-state index is 11.4. The van der Waals surface area contributed by atoms with Gasteiger partial charge < -0.3 is 15.6 Å². The Morgan fingerprint density at radius 2 is 1.96 bits per heavy atom. The maximum atomic E-state index is 11.4. The van der Waals surface area contributed by atoms with Crippen molar-refractivity contribution in [1.29, 1.82) is 0 Å². The lowest BCUT2D eigenvalue weighted by Gasteiger charge is -2.23. The minimum absolute atomic E-state index is 0.172. The summed E-state index contributed by atoms with van der Waals surface area (Å²) in [5, 5.41) is 0.589. The molecule has 0 saturated heterocycles. The number of amides is 2. The zero-order chi connectivity index (χ0) is 18.4. The molecule has 3 N–H and O–H groups in total. The van der Waals surface area contributed by atoms with Gasteiger partial charge in [0.2, 0.25) is 5.91 Å². The van der Waals surface area contributed by atoms with Gasteiger partial charge in [0, 0.05) is 37.2 Å². The molecule has 0 aliphatic heterocycles. The number of imidazole rings is 1. The summed E-state index contributed by atoms with van der Waals surface area (Å²) in [6.07, 6.45) is 12.1. The number of aromatic nitrogens is 2. The average molecular weight is 365 g/mol. The third kappa shape index (κ3) is 5.46. The van der Waals surface area contributed by atoms with E-state index in [0.29, 0.717) is 29.0 Å². The largest absolute Gasteiger partial charge is 0.363 e. The quantitative estimate of drug-likeness (QED) is 0.845. The van der Waals surface area contributed by atoms with Gasteiger partial charge in [0.25, 0.3) is 5.91 Å². The Balaban J connectivity index is 0.000000186. The Morgan fingerprint density at radius 3 is 2.56 bits per heavy atom. The van der Waals surface area contributed by atoms with Crippen LogP contribution in [-0.4, -0.2) is 40.8 Å². The van der Waals surface area contributed by atoms with Crippen molar-refractivity contribution in [3.8, 4) is 0 Å². The minimum Gasteiger partial charge on any atom is -0.363 e. The van der Waals surface area contributed by atoms with Crippen LogP contribution in [0.1, 0.15) is 54.1 Å². The number of nitrogens with one attached hydrogen (secondary N) is 1. The fourth-order valence-electron chi connectivity index (χ4n) is 3.00. The van der Waals surface area contributed by atoms with Crippen molar-refractivity contribution in [2.45, 2.75) is 38.5 Å². The number of hydrogen-bond acceptors (Lipinski definition) is 3. The summed E-state index contributed by atoms with van der Waals surface area (Å²) >= 11 is 5.84. The molecule has 0 aromatic carbocycles. The van der Waals surface area contributed by atoms with E-state index in [1.165, 1.54) is 19.3 Å². The molecule has 0 radical (unpaired) electrons. The van der Waals surface area contributed by atoms with Gasteiger partial charge in [-0.25, -0.2) is 4.98 Å². The van der Waals surface area contributed by atoms with E-state index in [9.17, 15) is 9.59 Å². The maximum Gasteiger partial charge on any atom is 0.284 e. The van der Waals surface area contributed by atoms with Crippen molar-refractivity contribution in [2.24, 2.45) is 11.7 Å². The zero-order valence-corrected chi connectivity index (χ0v) is 15.5. The Morgan fingerprint density at radius 1 is 1.28 bits per heavy atom. The lowest BCUT2D eigenvalue weighted by atomic mass is 9.88. The first-order chi connectivity index (χ1) is 11.9. The number of carbonyl (C=O) groups excluding carboxylic acids is 2. The second kappa shape index (κ2) is 8.85. The van der Waals surface area contributed by atoms with E-state index in [0.717, 1.165) is 18.5 Å². The highest BCUT2D eigenvalue weighted by Gasteiger charge is 2.21. The van der Waals surface area contributed by atoms with Gasteiger partial charge in [0.05, 0.1) is 5.69 Å². The molecule has 3 rings (SSSR count). The summed E-state index contributed by atoms with van der Waals surface area (Å²) in [6.45, 7) is 0. The molecule has 136 valence electrons. The van der Waals surface area contributed by atoms with Crippen molar-refractivity contribution in [3.05, 3.63) is 34.4 Å². The molecule has 1 fully saturated rings. The molecule has 1 heterocycles. The number of primary amides is 1. The van der Waals surface area contributed by atoms with Gasteiger partial charge in [-0.05, 0) is 25.0 Å². The van der Waals surface area contributed by atoms with Crippen LogP contribution in [0.25, 0.3) is 6.08 Å². The van der Waals surface area contributed by atoms with E-state index in [2.05, 4.69) is 9.97 Å². The summed E-state index contributed by atoms with van der Waals surface area (Å²) in [7, 11) is 3.69. The fourth-order valence-corrected chi connectivity index (χ4v) is 3.19. The van der Waals surface area contributed by atoms with Crippen LogP contribution in [0, 0.1) is 5.92 Å². The second-order valence-corrected chi connectivity index (χ2v) is 6.95. The van der Waals surface area contributed by atoms with E-state index in [1.54, 1.807) is 17.1 Å². The highest BCUT2D eigenvalue weighted by Crippen LogP contribution is 2.24. The summed E-state index contributed by atoms with van der Waals surface area (Å²) in [5.41, 5.74) is 6.62. The van der Waals surface area contributed by atoms with E-state index in [1.807, 2.05) is 20.2 Å². The molecule has 0 spiro atoms. The van der Waals surface area contributed by atoms with Crippen molar-refractivity contribution >= 4 is 29.5 Å². The van der Waals surface area contributed by atoms with Crippen LogP contribution >= 0.6 is 11.6 Å².